The van der Waals surface area contributed by atoms with Crippen LogP contribution in [0.3, 0.4) is 0 Å². The third-order valence-corrected chi connectivity index (χ3v) is 2.06. The van der Waals surface area contributed by atoms with Crippen LogP contribution in [-0.2, 0) is 0 Å². The number of hydrogen-bond donors (Lipinski definition) is 1. The highest BCUT2D eigenvalue weighted by Crippen LogP contribution is 2.08. The van der Waals surface area contributed by atoms with Gasteiger partial charge in [0.05, 0.1) is 5.52 Å². The first kappa shape index (κ1) is 8.72. The summed E-state index contributed by atoms with van der Waals surface area (Å²) in [4.78, 5) is 8.09. The van der Waals surface area contributed by atoms with E-state index in [4.69, 9.17) is 5.73 Å². The van der Waals surface area contributed by atoms with E-state index in [-0.39, 0.29) is 5.95 Å². The summed E-state index contributed by atoms with van der Waals surface area (Å²) in [7, 11) is 0. The summed E-state index contributed by atoms with van der Waals surface area (Å²) in [6.45, 7) is 0. The zero-order valence-corrected chi connectivity index (χ0v) is 8.15. The molecule has 3 rings (SSSR count). The summed E-state index contributed by atoms with van der Waals surface area (Å²) < 4.78 is 1.38. The van der Waals surface area contributed by atoms with Crippen molar-refractivity contribution in [3.8, 4) is 5.95 Å². The topological polar surface area (TPSA) is 95.4 Å². The van der Waals surface area contributed by atoms with Gasteiger partial charge in [-0.1, -0.05) is 12.1 Å². The molecule has 0 bridgehead atoms. The van der Waals surface area contributed by atoms with E-state index in [1.54, 1.807) is 0 Å². The van der Waals surface area contributed by atoms with Crippen molar-refractivity contribution in [3.63, 3.8) is 0 Å². The Bertz CT molecular complexity index is 645. The van der Waals surface area contributed by atoms with Crippen LogP contribution in [0.1, 0.15) is 0 Å². The maximum Gasteiger partial charge on any atom is 0.272 e. The molecule has 3 aromatic rings. The Morgan fingerprint density at radius 2 is 1.88 bits per heavy atom. The third kappa shape index (κ3) is 1.34. The predicted molar refractivity (Wildman–Crippen MR) is 56.7 cm³/mol. The maximum absolute atomic E-state index is 5.41. The van der Waals surface area contributed by atoms with Gasteiger partial charge in [-0.05, 0) is 12.1 Å². The van der Waals surface area contributed by atoms with Crippen molar-refractivity contribution in [2.45, 2.75) is 0 Å². The van der Waals surface area contributed by atoms with Crippen molar-refractivity contribution < 1.29 is 0 Å². The number of para-hydroxylation sites is 1. The molecule has 0 atom stereocenters. The highest BCUT2D eigenvalue weighted by molar-refractivity contribution is 5.73. The van der Waals surface area contributed by atoms with E-state index in [0.29, 0.717) is 5.95 Å². The summed E-state index contributed by atoms with van der Waals surface area (Å²) in [6, 6.07) is 7.46. The van der Waals surface area contributed by atoms with E-state index >= 15 is 0 Å². The van der Waals surface area contributed by atoms with Crippen LogP contribution in [0.5, 0.6) is 0 Å². The van der Waals surface area contributed by atoms with E-state index in [1.807, 2.05) is 24.3 Å². The minimum Gasteiger partial charge on any atom is -0.366 e. The van der Waals surface area contributed by atoms with Gasteiger partial charge in [-0.3, -0.25) is 0 Å². The molecule has 0 saturated heterocycles. The molecule has 2 N–H and O–H groups in total. The molecule has 2 aromatic heterocycles. The predicted octanol–water partition coefficient (Wildman–Crippen LogP) is 0.188. The van der Waals surface area contributed by atoms with Crippen molar-refractivity contribution in [1.29, 1.82) is 0 Å². The van der Waals surface area contributed by atoms with Gasteiger partial charge in [0.2, 0.25) is 5.95 Å². The van der Waals surface area contributed by atoms with Crippen molar-refractivity contribution >= 4 is 17.0 Å². The molecule has 78 valence electrons. The number of nitrogens with zero attached hydrogens (tertiary/aromatic N) is 6. The second kappa shape index (κ2) is 3.23. The van der Waals surface area contributed by atoms with Gasteiger partial charge in [0.15, 0.2) is 0 Å². The van der Waals surface area contributed by atoms with Crippen LogP contribution < -0.4 is 5.73 Å². The smallest absolute Gasteiger partial charge is 0.272 e. The first-order chi connectivity index (χ1) is 7.83. The van der Waals surface area contributed by atoms with Gasteiger partial charge in [-0.2, -0.15) is 4.68 Å². The normalized spacial score (nSPS) is 10.8. The van der Waals surface area contributed by atoms with Gasteiger partial charge in [0.1, 0.15) is 11.8 Å². The van der Waals surface area contributed by atoms with Gasteiger partial charge in [-0.25, -0.2) is 9.97 Å². The first-order valence-electron chi connectivity index (χ1n) is 4.60. The molecule has 16 heavy (non-hydrogen) atoms. The van der Waals surface area contributed by atoms with Crippen LogP contribution >= 0.6 is 0 Å². The number of fused-ring (bicyclic) bond motifs is 1. The van der Waals surface area contributed by atoms with Crippen molar-refractivity contribution in [2.75, 3.05) is 5.73 Å². The Hall–Kier alpha value is -2.57. The van der Waals surface area contributed by atoms with Crippen molar-refractivity contribution in [3.05, 3.63) is 30.6 Å². The van der Waals surface area contributed by atoms with Gasteiger partial charge in [-0.15, -0.1) is 15.3 Å². The number of aromatic nitrogens is 6. The van der Waals surface area contributed by atoms with E-state index < -0.39 is 0 Å². The average molecular weight is 213 g/mol. The minimum atomic E-state index is 0.178. The van der Waals surface area contributed by atoms with Crippen LogP contribution in [0.15, 0.2) is 30.6 Å². The summed E-state index contributed by atoms with van der Waals surface area (Å²) in [6.07, 6.45) is 1.45. The molecule has 0 unspecified atom stereocenters. The zero-order valence-electron chi connectivity index (χ0n) is 8.15. The van der Waals surface area contributed by atoms with Crippen molar-refractivity contribution in [2.24, 2.45) is 0 Å². The lowest BCUT2D eigenvalue weighted by atomic mass is 10.3. The van der Waals surface area contributed by atoms with Gasteiger partial charge >= 0.3 is 0 Å². The van der Waals surface area contributed by atoms with Crippen LogP contribution in [-0.4, -0.2) is 29.9 Å². The largest absolute Gasteiger partial charge is 0.366 e. The monoisotopic (exact) mass is 213 g/mol. The number of anilines is 1. The molecule has 1 aromatic carbocycles. The molecule has 0 fully saturated rings. The molecule has 7 heteroatoms. The summed E-state index contributed by atoms with van der Waals surface area (Å²) in [5.74, 6) is 0.527. The molecule has 2 heterocycles. The molecule has 0 saturated carbocycles. The van der Waals surface area contributed by atoms with Gasteiger partial charge in [0, 0.05) is 0 Å². The quantitative estimate of drug-likeness (QED) is 0.619. The number of rotatable bonds is 1. The van der Waals surface area contributed by atoms with E-state index in [1.165, 1.54) is 11.0 Å². The molecular weight excluding hydrogens is 206 g/mol. The Morgan fingerprint density at radius 3 is 2.62 bits per heavy atom. The fraction of sp³-hybridized carbons (Fsp3) is 0. The Morgan fingerprint density at radius 1 is 1.06 bits per heavy atom. The number of benzene rings is 1. The minimum absolute atomic E-state index is 0.178. The highest BCUT2D eigenvalue weighted by atomic mass is 15.4. The SMILES string of the molecule is Nc1ncn(-c2nnc3ccccc3n2)n1. The summed E-state index contributed by atoms with van der Waals surface area (Å²) in [5.41, 5.74) is 6.90. The number of hydrogen-bond acceptors (Lipinski definition) is 6. The fourth-order valence-electron chi connectivity index (χ4n) is 1.34. The highest BCUT2D eigenvalue weighted by Gasteiger charge is 2.04. The van der Waals surface area contributed by atoms with Crippen LogP contribution in [0.25, 0.3) is 17.0 Å². The Kier molecular flexibility index (Phi) is 1.76. The van der Waals surface area contributed by atoms with E-state index in [9.17, 15) is 0 Å². The van der Waals surface area contributed by atoms with Crippen LogP contribution in [0.2, 0.25) is 0 Å². The molecule has 0 aliphatic rings. The standard InChI is InChI=1S/C9H7N7/c10-8-11-5-16(15-8)9-12-6-3-1-2-4-7(6)13-14-9/h1-5H,(H2,10,15). The zero-order chi connectivity index (χ0) is 11.0. The number of nitrogen functional groups attached to an aromatic ring is 1. The van der Waals surface area contributed by atoms with Crippen LogP contribution in [0, 0.1) is 0 Å². The van der Waals surface area contributed by atoms with Gasteiger partial charge < -0.3 is 5.73 Å². The fourth-order valence-corrected chi connectivity index (χ4v) is 1.34. The first-order valence-corrected chi connectivity index (χ1v) is 4.60. The molecule has 0 aliphatic heterocycles. The lowest BCUT2D eigenvalue weighted by Crippen LogP contribution is -2.04. The lowest BCUT2D eigenvalue weighted by Gasteiger charge is -1.98. The summed E-state index contributed by atoms with van der Waals surface area (Å²) in [5, 5.41) is 11.9. The molecule has 0 spiro atoms. The van der Waals surface area contributed by atoms with Gasteiger partial charge in [0.25, 0.3) is 5.95 Å². The molecule has 0 radical (unpaired) electrons. The molecular formula is C9H7N7. The Balaban J connectivity index is 2.18. The van der Waals surface area contributed by atoms with Crippen LogP contribution in [0.4, 0.5) is 5.95 Å². The average Bonchev–Trinajstić information content (AvgIpc) is 2.75. The molecule has 0 amide bonds. The second-order valence-electron chi connectivity index (χ2n) is 3.15. The number of nitrogens with two attached hydrogens (primary N) is 1. The van der Waals surface area contributed by atoms with E-state index in [0.717, 1.165) is 11.0 Å². The van der Waals surface area contributed by atoms with E-state index in [2.05, 4.69) is 25.3 Å². The second-order valence-corrected chi connectivity index (χ2v) is 3.15. The lowest BCUT2D eigenvalue weighted by molar-refractivity contribution is 0.788. The molecule has 7 nitrogen and oxygen atoms in total. The maximum atomic E-state index is 5.41. The van der Waals surface area contributed by atoms with Crippen molar-refractivity contribution in [1.82, 2.24) is 29.9 Å². The Labute approximate surface area is 90.0 Å². The third-order valence-electron chi connectivity index (χ3n) is 2.06. The molecule has 0 aliphatic carbocycles. The summed E-state index contributed by atoms with van der Waals surface area (Å²) >= 11 is 0.